The van der Waals surface area contributed by atoms with E-state index in [9.17, 15) is 0 Å². The third kappa shape index (κ3) is 7.25. The first-order valence-corrected chi connectivity index (χ1v) is 8.05. The van der Waals surface area contributed by atoms with Crippen LogP contribution in [0, 0.1) is 0 Å². The fraction of sp³-hybridized carbons (Fsp3) is 1.00. The van der Waals surface area contributed by atoms with Gasteiger partial charge in [-0.05, 0) is 6.92 Å². The van der Waals surface area contributed by atoms with E-state index in [1.807, 2.05) is 0 Å². The molecule has 0 saturated carbocycles. The largest absolute Gasteiger partial charge is 0.662 e. The number of rotatable bonds is 5. The van der Waals surface area contributed by atoms with Gasteiger partial charge in [0.2, 0.25) is 0 Å². The summed E-state index contributed by atoms with van der Waals surface area (Å²) in [4.78, 5) is 60.3. The lowest BCUT2D eigenvalue weighted by Gasteiger charge is -2.08. The monoisotopic (exact) mass is 273 g/mol. The van der Waals surface area contributed by atoms with Crippen molar-refractivity contribution in [2.75, 3.05) is 6.16 Å². The molecule has 0 saturated heterocycles. The van der Waals surface area contributed by atoms with Crippen molar-refractivity contribution < 1.29 is 42.9 Å². The highest BCUT2D eigenvalue weighted by atomic mass is 31.3. The van der Waals surface area contributed by atoms with Gasteiger partial charge in [0, 0.05) is 0 Å². The van der Waals surface area contributed by atoms with Crippen molar-refractivity contribution in [3.8, 4) is 0 Å². The van der Waals surface area contributed by atoms with E-state index in [2.05, 4.69) is 8.62 Å². The molecule has 0 atom stereocenters. The van der Waals surface area contributed by atoms with Crippen molar-refractivity contribution in [3.05, 3.63) is 0 Å². The Labute approximate surface area is 81.1 Å². The van der Waals surface area contributed by atoms with E-state index < -0.39 is 24.3 Å². The Bertz CT molecular complexity index is 185. The summed E-state index contributed by atoms with van der Waals surface area (Å²) in [5, 5.41) is 0. The molecule has 0 heterocycles. The molecule has 0 bridgehead atoms. The lowest BCUT2D eigenvalue weighted by atomic mass is 11.0. The zero-order valence-electron chi connectivity index (χ0n) is 7.00. The molecule has 9 nitrogen and oxygen atoms in total. The van der Waals surface area contributed by atoms with Crippen LogP contribution in [-0.2, 0) is 8.62 Å². The van der Waals surface area contributed by atoms with Crippen LogP contribution in [0.4, 0.5) is 0 Å². The van der Waals surface area contributed by atoms with Crippen LogP contribution in [0.25, 0.3) is 0 Å². The molecule has 0 unspecified atom stereocenters. The minimum atomic E-state index is -4.91. The summed E-state index contributed by atoms with van der Waals surface area (Å²) >= 11 is 0. The molecular formula is C2H12O9P3+3. The summed E-state index contributed by atoms with van der Waals surface area (Å²) in [6.45, 7) is 1.28. The lowest BCUT2D eigenvalue weighted by Crippen LogP contribution is -2.06. The average molecular weight is 273 g/mol. The third-order valence-electron chi connectivity index (χ3n) is 0.865. The zero-order chi connectivity index (χ0) is 11.6. The van der Waals surface area contributed by atoms with Gasteiger partial charge in [-0.15, -0.1) is 0 Å². The molecule has 0 aromatic rings. The normalized spacial score (nSPS) is 14.6. The lowest BCUT2D eigenvalue weighted by molar-refractivity contribution is 0.168. The zero-order valence-corrected chi connectivity index (χ0v) is 9.68. The topological polar surface area (TPSA) is 160 Å². The molecule has 14 heavy (non-hydrogen) atoms. The van der Waals surface area contributed by atoms with Crippen LogP contribution in [0.2, 0.25) is 0 Å². The van der Waals surface area contributed by atoms with E-state index in [0.29, 0.717) is 0 Å². The molecular weight excluding hydrogens is 261 g/mol. The quantitative estimate of drug-likeness (QED) is 0.315. The van der Waals surface area contributed by atoms with Crippen molar-refractivity contribution in [2.24, 2.45) is 0 Å². The molecule has 0 aromatic heterocycles. The predicted octanol–water partition coefficient (Wildman–Crippen LogP) is -0.897. The second-order valence-corrected chi connectivity index (χ2v) is 7.42. The molecule has 0 rings (SSSR count). The fourth-order valence-electron chi connectivity index (χ4n) is 0.386. The van der Waals surface area contributed by atoms with Crippen LogP contribution in [0.3, 0.4) is 0 Å². The van der Waals surface area contributed by atoms with Gasteiger partial charge in [0.1, 0.15) is 6.16 Å². The Morgan fingerprint density at radius 3 is 1.57 bits per heavy atom. The average Bonchev–Trinajstić information content (AvgIpc) is 1.78. The van der Waals surface area contributed by atoms with Crippen LogP contribution < -0.4 is 0 Å². The van der Waals surface area contributed by atoms with E-state index in [-0.39, 0.29) is 6.16 Å². The predicted molar refractivity (Wildman–Crippen MR) is 49.0 cm³/mol. The van der Waals surface area contributed by atoms with E-state index in [1.54, 1.807) is 0 Å². The van der Waals surface area contributed by atoms with Crippen molar-refractivity contribution in [3.63, 3.8) is 0 Å². The molecule has 0 spiro atoms. The van der Waals surface area contributed by atoms with Crippen LogP contribution in [0.5, 0.6) is 0 Å². The maximum absolute atomic E-state index is 8.90. The van der Waals surface area contributed by atoms with E-state index in [1.165, 1.54) is 6.92 Å². The van der Waals surface area contributed by atoms with Gasteiger partial charge < -0.3 is 0 Å². The Morgan fingerprint density at radius 2 is 1.29 bits per heavy atom. The molecule has 12 heteroatoms. The SMILES string of the molecule is CC[P+](O)(O)O[P+](O)(O)O[P+](O)(O)O. The van der Waals surface area contributed by atoms with Crippen LogP contribution in [0.15, 0.2) is 0 Å². The summed E-state index contributed by atoms with van der Waals surface area (Å²) in [6.07, 6.45) is -0.326. The second kappa shape index (κ2) is 4.84. The first kappa shape index (κ1) is 14.9. The van der Waals surface area contributed by atoms with Crippen LogP contribution in [0.1, 0.15) is 6.92 Å². The third-order valence-corrected chi connectivity index (χ3v) is 5.31. The van der Waals surface area contributed by atoms with Crippen LogP contribution >= 0.6 is 24.3 Å². The van der Waals surface area contributed by atoms with E-state index in [4.69, 9.17) is 34.3 Å². The molecule has 0 aliphatic carbocycles. The van der Waals surface area contributed by atoms with E-state index >= 15 is 0 Å². The molecule has 86 valence electrons. The molecule has 0 aromatic carbocycles. The highest BCUT2D eigenvalue weighted by molar-refractivity contribution is 7.74. The summed E-state index contributed by atoms with van der Waals surface area (Å²) in [5.41, 5.74) is 0. The van der Waals surface area contributed by atoms with Gasteiger partial charge in [-0.1, -0.05) is 0 Å². The van der Waals surface area contributed by atoms with Crippen LogP contribution in [-0.4, -0.2) is 40.4 Å². The molecule has 0 amide bonds. The molecule has 0 aliphatic rings. The minimum absolute atomic E-state index is 0.326. The maximum Gasteiger partial charge on any atom is 0.662 e. The second-order valence-electron chi connectivity index (χ2n) is 2.15. The van der Waals surface area contributed by atoms with Gasteiger partial charge in [0.15, 0.2) is 0 Å². The molecule has 0 fully saturated rings. The molecule has 7 N–H and O–H groups in total. The van der Waals surface area contributed by atoms with Gasteiger partial charge in [-0.2, -0.15) is 34.3 Å². The summed E-state index contributed by atoms with van der Waals surface area (Å²) in [7, 11) is -13.8. The Balaban J connectivity index is 4.35. The van der Waals surface area contributed by atoms with Crippen molar-refractivity contribution >= 4 is 24.3 Å². The van der Waals surface area contributed by atoms with Gasteiger partial charge in [0.05, 0.1) is 8.62 Å². The summed E-state index contributed by atoms with van der Waals surface area (Å²) in [5.74, 6) is 0. The summed E-state index contributed by atoms with van der Waals surface area (Å²) in [6, 6.07) is 0. The van der Waals surface area contributed by atoms with Crippen molar-refractivity contribution in [2.45, 2.75) is 6.92 Å². The maximum atomic E-state index is 8.90. The van der Waals surface area contributed by atoms with Gasteiger partial charge in [-0.25, -0.2) is 0 Å². The highest BCUT2D eigenvalue weighted by Crippen LogP contribution is 2.75. The summed E-state index contributed by atoms with van der Waals surface area (Å²) < 4.78 is 7.47. The Kier molecular flexibility index (Phi) is 5.16. The molecule has 0 aliphatic heterocycles. The first-order chi connectivity index (χ1) is 5.97. The smallest absolute Gasteiger partial charge is 0.189 e. The van der Waals surface area contributed by atoms with Gasteiger partial charge in [0.25, 0.3) is 0 Å². The Morgan fingerprint density at radius 1 is 0.857 bits per heavy atom. The Hall–Kier alpha value is 0.930. The fourth-order valence-corrected chi connectivity index (χ4v) is 3.74. The first-order valence-electron chi connectivity index (χ1n) is 3.15. The van der Waals surface area contributed by atoms with E-state index in [0.717, 1.165) is 0 Å². The minimum Gasteiger partial charge on any atom is -0.189 e. The standard InChI is InChI=1S/C2H12O9P3/c1-2-12(3,4)10-14(8,9)11-13(5,6)7/h3-9H,2H2,1H3/q+3. The van der Waals surface area contributed by atoms with Gasteiger partial charge >= 0.3 is 24.3 Å². The number of hydrogen-bond acceptors (Lipinski definition) is 9. The highest BCUT2D eigenvalue weighted by Gasteiger charge is 2.66. The molecule has 0 radical (unpaired) electrons. The van der Waals surface area contributed by atoms with Crippen molar-refractivity contribution in [1.82, 2.24) is 0 Å². The number of hydrogen-bond donors (Lipinski definition) is 7. The van der Waals surface area contributed by atoms with Crippen molar-refractivity contribution in [1.29, 1.82) is 0 Å². The van der Waals surface area contributed by atoms with Gasteiger partial charge in [-0.3, -0.25) is 0 Å².